The molecule has 1 unspecified atom stereocenters. The molecule has 0 amide bonds. The second-order valence-corrected chi connectivity index (χ2v) is 6.63. The Morgan fingerprint density at radius 2 is 2.06 bits per heavy atom. The lowest BCUT2D eigenvalue weighted by Crippen LogP contribution is -2.36. The first-order chi connectivity index (χ1) is 8.35. The van der Waals surface area contributed by atoms with Gasteiger partial charge < -0.3 is 5.11 Å². The van der Waals surface area contributed by atoms with Crippen LogP contribution in [0.25, 0.3) is 0 Å². The van der Waals surface area contributed by atoms with E-state index in [2.05, 4.69) is 15.9 Å². The minimum absolute atomic E-state index is 0.100. The van der Waals surface area contributed by atoms with E-state index in [-0.39, 0.29) is 6.54 Å². The fourth-order valence-corrected chi connectivity index (χ4v) is 3.94. The van der Waals surface area contributed by atoms with Crippen molar-refractivity contribution < 1.29 is 18.3 Å². The van der Waals surface area contributed by atoms with E-state index in [1.54, 1.807) is 24.3 Å². The number of halogens is 1. The van der Waals surface area contributed by atoms with Crippen molar-refractivity contribution >= 4 is 37.8 Å². The Kier molecular flexibility index (Phi) is 3.35. The third-order valence-electron chi connectivity index (χ3n) is 2.83. The highest BCUT2D eigenvalue weighted by atomic mass is 79.9. The number of aliphatic carboxylic acids is 1. The highest BCUT2D eigenvalue weighted by Crippen LogP contribution is 2.33. The number of nitrogens with zero attached hydrogens (tertiary/aromatic N) is 2. The average molecular weight is 335 g/mol. The van der Waals surface area contributed by atoms with E-state index in [0.717, 1.165) is 8.61 Å². The topological polar surface area (TPSA) is 77.9 Å². The standard InChI is InChI=1S/C10H11BrN2O4S/c1-12-9(10(14)15)6-13(18(12,16)17)8-5-3-2-4-7(8)11/h2-5,9H,6H2,1H3,(H,14,15). The molecule has 1 aliphatic rings. The monoisotopic (exact) mass is 334 g/mol. The molecule has 98 valence electrons. The Balaban J connectivity index is 2.48. The molecular formula is C10H11BrN2O4S. The van der Waals surface area contributed by atoms with Gasteiger partial charge in [-0.1, -0.05) is 12.1 Å². The Morgan fingerprint density at radius 3 is 2.56 bits per heavy atom. The van der Waals surface area contributed by atoms with Crippen molar-refractivity contribution in [1.29, 1.82) is 0 Å². The molecule has 1 atom stereocenters. The van der Waals surface area contributed by atoms with E-state index in [4.69, 9.17) is 5.11 Å². The molecule has 1 saturated heterocycles. The molecule has 8 heteroatoms. The van der Waals surface area contributed by atoms with Gasteiger partial charge in [0.2, 0.25) is 0 Å². The van der Waals surface area contributed by atoms with Crippen molar-refractivity contribution in [3.05, 3.63) is 28.7 Å². The normalized spacial score (nSPS) is 23.2. The molecule has 1 aromatic rings. The van der Waals surface area contributed by atoms with E-state index >= 15 is 0 Å². The molecule has 0 saturated carbocycles. The lowest BCUT2D eigenvalue weighted by atomic mass is 10.2. The number of carboxylic acid groups (broad SMARTS) is 1. The van der Waals surface area contributed by atoms with Gasteiger partial charge in [-0.3, -0.25) is 9.10 Å². The van der Waals surface area contributed by atoms with Gasteiger partial charge in [0.05, 0.1) is 12.2 Å². The maximum absolute atomic E-state index is 12.1. The zero-order chi connectivity index (χ0) is 13.5. The third-order valence-corrected chi connectivity index (χ3v) is 5.38. The van der Waals surface area contributed by atoms with Crippen LogP contribution in [-0.2, 0) is 15.0 Å². The van der Waals surface area contributed by atoms with Gasteiger partial charge in [0.1, 0.15) is 6.04 Å². The minimum Gasteiger partial charge on any atom is -0.480 e. The van der Waals surface area contributed by atoms with Gasteiger partial charge >= 0.3 is 16.2 Å². The molecule has 0 bridgehead atoms. The van der Waals surface area contributed by atoms with E-state index in [1.807, 2.05) is 0 Å². The molecule has 1 aromatic carbocycles. The first-order valence-electron chi connectivity index (χ1n) is 5.08. The summed E-state index contributed by atoms with van der Waals surface area (Å²) >= 11 is 3.26. The Hall–Kier alpha value is -1.12. The summed E-state index contributed by atoms with van der Waals surface area (Å²) in [6, 6.07) is 5.72. The van der Waals surface area contributed by atoms with Crippen LogP contribution in [0.4, 0.5) is 5.69 Å². The summed E-state index contributed by atoms with van der Waals surface area (Å²) in [6.07, 6.45) is 0. The molecule has 18 heavy (non-hydrogen) atoms. The van der Waals surface area contributed by atoms with Gasteiger partial charge in [0, 0.05) is 11.5 Å². The Labute approximate surface area is 113 Å². The van der Waals surface area contributed by atoms with Crippen molar-refractivity contribution in [2.45, 2.75) is 6.04 Å². The molecule has 0 aliphatic carbocycles. The summed E-state index contributed by atoms with van der Waals surface area (Å²) in [5.41, 5.74) is 0.438. The van der Waals surface area contributed by atoms with Crippen molar-refractivity contribution in [3.8, 4) is 0 Å². The van der Waals surface area contributed by atoms with E-state index in [1.165, 1.54) is 7.05 Å². The second-order valence-electron chi connectivity index (χ2n) is 3.86. The van der Waals surface area contributed by atoms with E-state index < -0.39 is 22.2 Å². The number of para-hydroxylation sites is 1. The molecular weight excluding hydrogens is 324 g/mol. The van der Waals surface area contributed by atoms with Crippen LogP contribution in [0.15, 0.2) is 28.7 Å². The predicted molar refractivity (Wildman–Crippen MR) is 69.6 cm³/mol. The molecule has 1 heterocycles. The van der Waals surface area contributed by atoms with Gasteiger partial charge in [0.15, 0.2) is 0 Å². The first-order valence-corrected chi connectivity index (χ1v) is 7.27. The number of rotatable bonds is 2. The van der Waals surface area contributed by atoms with Crippen LogP contribution in [0, 0.1) is 0 Å². The molecule has 2 rings (SSSR count). The highest BCUT2D eigenvalue weighted by Gasteiger charge is 2.45. The Bertz CT molecular complexity index is 589. The molecule has 0 radical (unpaired) electrons. The molecule has 0 spiro atoms. The summed E-state index contributed by atoms with van der Waals surface area (Å²) in [6.45, 7) is -0.100. The summed E-state index contributed by atoms with van der Waals surface area (Å²) in [5.74, 6) is -1.16. The third kappa shape index (κ3) is 2.00. The number of carboxylic acids is 1. The summed E-state index contributed by atoms with van der Waals surface area (Å²) in [5, 5.41) is 9.01. The maximum atomic E-state index is 12.1. The van der Waals surface area contributed by atoms with Crippen LogP contribution in [-0.4, -0.2) is 43.4 Å². The van der Waals surface area contributed by atoms with Crippen LogP contribution >= 0.6 is 15.9 Å². The number of anilines is 1. The van der Waals surface area contributed by atoms with E-state index in [0.29, 0.717) is 10.2 Å². The average Bonchev–Trinajstić information content (AvgIpc) is 2.52. The summed E-state index contributed by atoms with van der Waals surface area (Å²) in [4.78, 5) is 11.0. The van der Waals surface area contributed by atoms with Crippen LogP contribution in [0.1, 0.15) is 0 Å². The van der Waals surface area contributed by atoms with Gasteiger partial charge in [0.25, 0.3) is 0 Å². The molecule has 1 fully saturated rings. The van der Waals surface area contributed by atoms with Gasteiger partial charge in [-0.25, -0.2) is 0 Å². The van der Waals surface area contributed by atoms with Crippen LogP contribution in [0.3, 0.4) is 0 Å². The van der Waals surface area contributed by atoms with Gasteiger partial charge in [-0.2, -0.15) is 12.7 Å². The van der Waals surface area contributed by atoms with Crippen molar-refractivity contribution in [2.24, 2.45) is 0 Å². The van der Waals surface area contributed by atoms with Crippen LogP contribution < -0.4 is 4.31 Å². The quantitative estimate of drug-likeness (QED) is 0.871. The number of hydrogen-bond donors (Lipinski definition) is 1. The maximum Gasteiger partial charge on any atom is 0.323 e. The van der Waals surface area contributed by atoms with Crippen LogP contribution in [0.5, 0.6) is 0 Å². The molecule has 1 aliphatic heterocycles. The van der Waals surface area contributed by atoms with Gasteiger partial charge in [-0.05, 0) is 28.1 Å². The number of likely N-dealkylation sites (N-methyl/N-ethyl adjacent to an activating group) is 1. The summed E-state index contributed by atoms with van der Waals surface area (Å²) < 4.78 is 26.8. The molecule has 0 aromatic heterocycles. The van der Waals surface area contributed by atoms with Crippen molar-refractivity contribution in [1.82, 2.24) is 4.31 Å². The first kappa shape index (κ1) is 13.3. The summed E-state index contributed by atoms with van der Waals surface area (Å²) in [7, 11) is -2.51. The number of benzene rings is 1. The lowest BCUT2D eigenvalue weighted by Gasteiger charge is -2.18. The second kappa shape index (κ2) is 4.52. The van der Waals surface area contributed by atoms with Crippen molar-refractivity contribution in [3.63, 3.8) is 0 Å². The zero-order valence-corrected chi connectivity index (χ0v) is 11.8. The fourth-order valence-electron chi connectivity index (χ4n) is 1.79. The fraction of sp³-hybridized carbons (Fsp3) is 0.300. The number of hydrogen-bond acceptors (Lipinski definition) is 3. The Morgan fingerprint density at radius 1 is 1.44 bits per heavy atom. The zero-order valence-electron chi connectivity index (χ0n) is 9.45. The SMILES string of the molecule is CN1C(C(=O)O)CN(c2ccccc2Br)S1(=O)=O. The van der Waals surface area contributed by atoms with Crippen LogP contribution in [0.2, 0.25) is 0 Å². The predicted octanol–water partition coefficient (Wildman–Crippen LogP) is 0.899. The molecule has 6 nitrogen and oxygen atoms in total. The highest BCUT2D eigenvalue weighted by molar-refractivity contribution is 9.10. The minimum atomic E-state index is -3.78. The number of carbonyl (C=O) groups is 1. The molecule has 1 N–H and O–H groups in total. The van der Waals surface area contributed by atoms with Crippen molar-refractivity contribution in [2.75, 3.05) is 17.9 Å². The van der Waals surface area contributed by atoms with Gasteiger partial charge in [-0.15, -0.1) is 0 Å². The lowest BCUT2D eigenvalue weighted by molar-refractivity contribution is -0.140. The van der Waals surface area contributed by atoms with E-state index in [9.17, 15) is 13.2 Å². The largest absolute Gasteiger partial charge is 0.480 e. The smallest absolute Gasteiger partial charge is 0.323 e.